The third-order valence-corrected chi connectivity index (χ3v) is 2.27. The van der Waals surface area contributed by atoms with Gasteiger partial charge in [-0.3, -0.25) is 0 Å². The Morgan fingerprint density at radius 1 is 1.24 bits per heavy atom. The molecule has 1 aromatic rings. The fraction of sp³-hybridized carbons (Fsp3) is 0.538. The molecule has 0 saturated heterocycles. The number of ether oxygens (including phenoxy) is 2. The highest BCUT2D eigenvalue weighted by Gasteiger charge is 2.01. The number of methoxy groups -OCH3 is 1. The van der Waals surface area contributed by atoms with Crippen molar-refractivity contribution in [2.24, 2.45) is 0 Å². The van der Waals surface area contributed by atoms with Gasteiger partial charge in [0.05, 0.1) is 6.61 Å². The maximum atomic E-state index is 13.3. The molecule has 0 aliphatic heterocycles. The normalized spacial score (nSPS) is 10.5. The third kappa shape index (κ3) is 5.65. The molecular weight excluding hydrogens is 221 g/mol. The van der Waals surface area contributed by atoms with E-state index in [1.165, 1.54) is 12.1 Å². The summed E-state index contributed by atoms with van der Waals surface area (Å²) in [7, 11) is 1.65. The number of halogens is 1. The lowest BCUT2D eigenvalue weighted by atomic mass is 10.2. The highest BCUT2D eigenvalue weighted by molar-refractivity contribution is 5.29. The van der Waals surface area contributed by atoms with Crippen LogP contribution in [0.15, 0.2) is 18.2 Å². The summed E-state index contributed by atoms with van der Waals surface area (Å²) >= 11 is 0. The standard InChI is InChI=1S/C13H20FNO2/c1-3-15-10-11-7-12(14)9-13(8-11)17-6-4-5-16-2/h7-9,15H,3-6,10H2,1-2H3. The molecule has 0 saturated carbocycles. The van der Waals surface area contributed by atoms with E-state index in [0.717, 1.165) is 18.5 Å². The minimum Gasteiger partial charge on any atom is -0.493 e. The number of nitrogens with one attached hydrogen (secondary N) is 1. The monoisotopic (exact) mass is 241 g/mol. The predicted molar refractivity (Wildman–Crippen MR) is 65.8 cm³/mol. The van der Waals surface area contributed by atoms with E-state index >= 15 is 0 Å². The molecule has 3 nitrogen and oxygen atoms in total. The minimum atomic E-state index is -0.262. The molecule has 17 heavy (non-hydrogen) atoms. The van der Waals surface area contributed by atoms with Gasteiger partial charge in [0.15, 0.2) is 0 Å². The number of hydrogen-bond acceptors (Lipinski definition) is 3. The number of rotatable bonds is 8. The van der Waals surface area contributed by atoms with E-state index in [-0.39, 0.29) is 5.82 Å². The molecule has 0 unspecified atom stereocenters. The van der Waals surface area contributed by atoms with E-state index in [4.69, 9.17) is 9.47 Å². The molecule has 0 aliphatic rings. The molecule has 0 radical (unpaired) electrons. The van der Waals surface area contributed by atoms with E-state index in [0.29, 0.717) is 25.5 Å². The molecule has 0 fully saturated rings. The van der Waals surface area contributed by atoms with Crippen LogP contribution in [0.4, 0.5) is 4.39 Å². The Kier molecular flexibility index (Phi) is 6.58. The Labute approximate surface area is 102 Å². The van der Waals surface area contributed by atoms with Crippen LogP contribution in [0.25, 0.3) is 0 Å². The average molecular weight is 241 g/mol. The van der Waals surface area contributed by atoms with E-state index in [9.17, 15) is 4.39 Å². The molecule has 0 bridgehead atoms. The summed E-state index contributed by atoms with van der Waals surface area (Å²) in [4.78, 5) is 0. The van der Waals surface area contributed by atoms with Gasteiger partial charge < -0.3 is 14.8 Å². The van der Waals surface area contributed by atoms with Gasteiger partial charge in [0, 0.05) is 32.7 Å². The first-order valence-electron chi connectivity index (χ1n) is 5.88. The lowest BCUT2D eigenvalue weighted by molar-refractivity contribution is 0.172. The zero-order chi connectivity index (χ0) is 12.5. The highest BCUT2D eigenvalue weighted by atomic mass is 19.1. The topological polar surface area (TPSA) is 30.5 Å². The molecule has 0 amide bonds. The highest BCUT2D eigenvalue weighted by Crippen LogP contribution is 2.16. The van der Waals surface area contributed by atoms with Crippen LogP contribution in [0.1, 0.15) is 18.9 Å². The van der Waals surface area contributed by atoms with E-state index in [2.05, 4.69) is 5.32 Å². The fourth-order valence-corrected chi connectivity index (χ4v) is 1.47. The lowest BCUT2D eigenvalue weighted by Gasteiger charge is -2.08. The first-order chi connectivity index (χ1) is 8.26. The van der Waals surface area contributed by atoms with E-state index in [1.807, 2.05) is 13.0 Å². The Hall–Kier alpha value is -1.13. The second kappa shape index (κ2) is 8.03. The van der Waals surface area contributed by atoms with E-state index in [1.54, 1.807) is 7.11 Å². The SMILES string of the molecule is CCNCc1cc(F)cc(OCCCOC)c1. The van der Waals surface area contributed by atoms with Crippen LogP contribution < -0.4 is 10.1 Å². The second-order valence-corrected chi connectivity index (χ2v) is 3.77. The van der Waals surface area contributed by atoms with Crippen LogP contribution in [0, 0.1) is 5.82 Å². The molecule has 4 heteroatoms. The summed E-state index contributed by atoms with van der Waals surface area (Å²) in [5.41, 5.74) is 0.897. The molecular formula is C13H20FNO2. The molecule has 1 aromatic carbocycles. The molecule has 0 aromatic heterocycles. The quantitative estimate of drug-likeness (QED) is 0.709. The fourth-order valence-electron chi connectivity index (χ4n) is 1.47. The van der Waals surface area contributed by atoms with Crippen molar-refractivity contribution in [3.63, 3.8) is 0 Å². The Bertz CT molecular complexity index is 331. The van der Waals surface area contributed by atoms with Gasteiger partial charge in [0.1, 0.15) is 11.6 Å². The maximum Gasteiger partial charge on any atom is 0.127 e. The second-order valence-electron chi connectivity index (χ2n) is 3.77. The first kappa shape index (κ1) is 13.9. The molecule has 0 spiro atoms. The first-order valence-corrected chi connectivity index (χ1v) is 5.88. The summed E-state index contributed by atoms with van der Waals surface area (Å²) in [6, 6.07) is 4.78. The Morgan fingerprint density at radius 2 is 2.06 bits per heavy atom. The third-order valence-electron chi connectivity index (χ3n) is 2.27. The zero-order valence-corrected chi connectivity index (χ0v) is 10.5. The van der Waals surface area contributed by atoms with Gasteiger partial charge >= 0.3 is 0 Å². The van der Waals surface area contributed by atoms with Gasteiger partial charge in [-0.05, 0) is 24.2 Å². The predicted octanol–water partition coefficient (Wildman–Crippen LogP) is 2.35. The van der Waals surface area contributed by atoms with Crippen LogP contribution in [-0.4, -0.2) is 26.9 Å². The number of benzene rings is 1. The summed E-state index contributed by atoms with van der Waals surface area (Å²) in [5.74, 6) is 0.316. The molecule has 1 N–H and O–H groups in total. The Morgan fingerprint density at radius 3 is 2.76 bits per heavy atom. The molecule has 96 valence electrons. The molecule has 0 atom stereocenters. The van der Waals surface area contributed by atoms with Crippen molar-refractivity contribution in [3.8, 4) is 5.75 Å². The van der Waals surface area contributed by atoms with Gasteiger partial charge in [0.2, 0.25) is 0 Å². The van der Waals surface area contributed by atoms with Crippen LogP contribution in [0.5, 0.6) is 5.75 Å². The zero-order valence-electron chi connectivity index (χ0n) is 10.5. The molecule has 1 rings (SSSR count). The smallest absolute Gasteiger partial charge is 0.127 e. The van der Waals surface area contributed by atoms with Crippen molar-refractivity contribution in [1.82, 2.24) is 5.32 Å². The van der Waals surface area contributed by atoms with Crippen LogP contribution in [-0.2, 0) is 11.3 Å². The van der Waals surface area contributed by atoms with Crippen molar-refractivity contribution >= 4 is 0 Å². The van der Waals surface area contributed by atoms with Crippen molar-refractivity contribution in [2.45, 2.75) is 19.9 Å². The number of hydrogen-bond donors (Lipinski definition) is 1. The van der Waals surface area contributed by atoms with Crippen molar-refractivity contribution in [1.29, 1.82) is 0 Å². The largest absolute Gasteiger partial charge is 0.493 e. The van der Waals surface area contributed by atoms with Crippen molar-refractivity contribution in [2.75, 3.05) is 26.9 Å². The van der Waals surface area contributed by atoms with Crippen molar-refractivity contribution in [3.05, 3.63) is 29.6 Å². The average Bonchev–Trinajstić information content (AvgIpc) is 2.31. The molecule has 0 heterocycles. The minimum absolute atomic E-state index is 0.262. The van der Waals surface area contributed by atoms with E-state index < -0.39 is 0 Å². The summed E-state index contributed by atoms with van der Waals surface area (Å²) in [6.45, 7) is 4.72. The van der Waals surface area contributed by atoms with Crippen LogP contribution >= 0.6 is 0 Å². The van der Waals surface area contributed by atoms with Gasteiger partial charge in [0.25, 0.3) is 0 Å². The van der Waals surface area contributed by atoms with Gasteiger partial charge in [-0.15, -0.1) is 0 Å². The van der Waals surface area contributed by atoms with Gasteiger partial charge in [-0.2, -0.15) is 0 Å². The summed E-state index contributed by atoms with van der Waals surface area (Å²) < 4.78 is 23.7. The molecule has 0 aliphatic carbocycles. The van der Waals surface area contributed by atoms with Crippen LogP contribution in [0.2, 0.25) is 0 Å². The van der Waals surface area contributed by atoms with Gasteiger partial charge in [-0.1, -0.05) is 6.92 Å². The lowest BCUT2D eigenvalue weighted by Crippen LogP contribution is -2.12. The van der Waals surface area contributed by atoms with Crippen molar-refractivity contribution < 1.29 is 13.9 Å². The summed E-state index contributed by atoms with van der Waals surface area (Å²) in [6.07, 6.45) is 0.801. The Balaban J connectivity index is 2.50. The summed E-state index contributed by atoms with van der Waals surface area (Å²) in [5, 5.41) is 3.15. The maximum absolute atomic E-state index is 13.3. The van der Waals surface area contributed by atoms with Crippen LogP contribution in [0.3, 0.4) is 0 Å². The van der Waals surface area contributed by atoms with Gasteiger partial charge in [-0.25, -0.2) is 4.39 Å².